The van der Waals surface area contributed by atoms with E-state index in [-0.39, 0.29) is 7.43 Å². The molecule has 0 saturated carbocycles. The van der Waals surface area contributed by atoms with Crippen molar-refractivity contribution in [2.24, 2.45) is 5.92 Å². The predicted molar refractivity (Wildman–Crippen MR) is 126 cm³/mol. The van der Waals surface area contributed by atoms with Gasteiger partial charge < -0.3 is 19.6 Å². The molecule has 3 unspecified atom stereocenters. The smallest absolute Gasteiger partial charge is 0.0195 e. The van der Waals surface area contributed by atoms with Gasteiger partial charge in [0.2, 0.25) is 0 Å². The zero-order valence-electron chi connectivity index (χ0n) is 19.9. The molecule has 3 rings (SSSR count). The van der Waals surface area contributed by atoms with Gasteiger partial charge in [-0.05, 0) is 87.9 Å². The Morgan fingerprint density at radius 3 is 1.39 bits per heavy atom. The molecule has 0 aliphatic carbocycles. The minimum absolute atomic E-state index is 0. The number of hydrogen-bond acceptors (Lipinski definition) is 5. The average molecular weight is 400 g/mol. The highest BCUT2D eigenvalue weighted by Crippen LogP contribution is 2.13. The molecule has 3 aliphatic rings. The van der Waals surface area contributed by atoms with Crippen molar-refractivity contribution in [3.63, 3.8) is 0 Å². The Morgan fingerprint density at radius 2 is 1.00 bits per heavy atom. The lowest BCUT2D eigenvalue weighted by molar-refractivity contribution is 0.0761. The van der Waals surface area contributed by atoms with Crippen LogP contribution in [0, 0.1) is 5.92 Å². The summed E-state index contributed by atoms with van der Waals surface area (Å²) in [5, 5.41) is 0. The molecule has 5 heteroatoms. The van der Waals surface area contributed by atoms with Crippen LogP contribution < -0.4 is 0 Å². The first-order valence-electron chi connectivity index (χ1n) is 11.1. The van der Waals surface area contributed by atoms with Gasteiger partial charge in [0.15, 0.2) is 0 Å². The number of likely N-dealkylation sites (N-methyl/N-ethyl adjacent to an activating group) is 4. The van der Waals surface area contributed by atoms with E-state index in [1.54, 1.807) is 0 Å². The molecule has 0 spiro atoms. The summed E-state index contributed by atoms with van der Waals surface area (Å²) in [7, 11) is 11.0. The van der Waals surface area contributed by atoms with Crippen molar-refractivity contribution >= 4 is 0 Å². The zero-order chi connectivity index (χ0) is 20.6. The van der Waals surface area contributed by atoms with E-state index in [2.05, 4.69) is 87.4 Å². The second-order valence-corrected chi connectivity index (χ2v) is 9.66. The summed E-state index contributed by atoms with van der Waals surface area (Å²) >= 11 is 0. The Bertz CT molecular complexity index is 361. The molecule has 28 heavy (non-hydrogen) atoms. The van der Waals surface area contributed by atoms with Gasteiger partial charge in [-0.25, -0.2) is 0 Å². The Labute approximate surface area is 178 Å². The Hall–Kier alpha value is -0.200. The molecular formula is C23H53N5. The molecule has 3 heterocycles. The summed E-state index contributed by atoms with van der Waals surface area (Å²) in [5.41, 5.74) is 0. The number of nitrogens with zero attached hydrogens (tertiary/aromatic N) is 5. The van der Waals surface area contributed by atoms with E-state index in [0.29, 0.717) is 12.1 Å². The zero-order valence-corrected chi connectivity index (χ0v) is 19.9. The first-order chi connectivity index (χ1) is 12.6. The van der Waals surface area contributed by atoms with Crippen molar-refractivity contribution in [3.05, 3.63) is 0 Å². The molecule has 3 fully saturated rings. The van der Waals surface area contributed by atoms with Crippen LogP contribution in [0.4, 0.5) is 0 Å². The lowest BCUT2D eigenvalue weighted by atomic mass is 10.00. The van der Waals surface area contributed by atoms with E-state index in [0.717, 1.165) is 12.0 Å². The van der Waals surface area contributed by atoms with Crippen LogP contribution in [0.1, 0.15) is 48.0 Å². The Balaban J connectivity index is 0.000000386. The molecule has 0 N–H and O–H groups in total. The highest BCUT2D eigenvalue weighted by Gasteiger charge is 2.23. The molecular weight excluding hydrogens is 346 g/mol. The van der Waals surface area contributed by atoms with Gasteiger partial charge in [-0.15, -0.1) is 0 Å². The van der Waals surface area contributed by atoms with Crippen molar-refractivity contribution in [1.82, 2.24) is 24.5 Å². The lowest BCUT2D eigenvalue weighted by Gasteiger charge is -2.40. The molecule has 3 saturated heterocycles. The molecule has 0 aromatic rings. The third-order valence-electron chi connectivity index (χ3n) is 6.71. The second-order valence-electron chi connectivity index (χ2n) is 9.66. The largest absolute Gasteiger partial charge is 0.306 e. The van der Waals surface area contributed by atoms with Gasteiger partial charge in [0, 0.05) is 50.8 Å². The first-order valence-corrected chi connectivity index (χ1v) is 11.1. The quantitative estimate of drug-likeness (QED) is 0.621. The Morgan fingerprint density at radius 1 is 0.536 bits per heavy atom. The summed E-state index contributed by atoms with van der Waals surface area (Å²) < 4.78 is 0. The summed E-state index contributed by atoms with van der Waals surface area (Å²) in [6, 6.07) is 2.17. The van der Waals surface area contributed by atoms with Crippen LogP contribution in [0.25, 0.3) is 0 Å². The fourth-order valence-electron chi connectivity index (χ4n) is 4.04. The number of rotatable bonds is 0. The van der Waals surface area contributed by atoms with E-state index in [4.69, 9.17) is 0 Å². The average Bonchev–Trinajstić information content (AvgIpc) is 2.60. The minimum atomic E-state index is 0. The molecule has 0 aromatic carbocycles. The number of likely N-dealkylation sites (tertiary alicyclic amines) is 1. The van der Waals surface area contributed by atoms with Gasteiger partial charge in [0.05, 0.1) is 0 Å². The fraction of sp³-hybridized carbons (Fsp3) is 1.00. The van der Waals surface area contributed by atoms with Crippen LogP contribution in [0.3, 0.4) is 0 Å². The van der Waals surface area contributed by atoms with Gasteiger partial charge in [0.1, 0.15) is 0 Å². The van der Waals surface area contributed by atoms with Gasteiger partial charge in [-0.1, -0.05) is 14.4 Å². The van der Waals surface area contributed by atoms with Crippen LogP contribution in [0.5, 0.6) is 0 Å². The highest BCUT2D eigenvalue weighted by atomic mass is 15.3. The Kier molecular flexibility index (Phi) is 13.8. The molecule has 0 radical (unpaired) electrons. The van der Waals surface area contributed by atoms with Crippen LogP contribution in [-0.4, -0.2) is 124 Å². The van der Waals surface area contributed by atoms with E-state index in [1.807, 2.05) is 0 Å². The molecule has 170 valence electrons. The maximum atomic E-state index is 2.44. The standard InChI is InChI=1S/C8H18N2.C7H16N2.C7H15N.CH4/c1-7-5-9(3)6-8(2)10(7)4;1-7-6-8(2)4-5-9(7)3;1-7-3-5-8(2)6-4-7;/h7-8H,5-6H2,1-4H3;7H,4-6H2,1-3H3;7H,3-6H2,1-2H3;1H4. The predicted octanol–water partition coefficient (Wildman–Crippen LogP) is 2.88. The minimum Gasteiger partial charge on any atom is -0.306 e. The highest BCUT2D eigenvalue weighted by molar-refractivity contribution is 4.80. The van der Waals surface area contributed by atoms with Gasteiger partial charge in [0.25, 0.3) is 0 Å². The van der Waals surface area contributed by atoms with Crippen LogP contribution in [0.15, 0.2) is 0 Å². The molecule has 3 aliphatic heterocycles. The maximum absolute atomic E-state index is 2.44. The van der Waals surface area contributed by atoms with Gasteiger partial charge in [-0.3, -0.25) is 4.90 Å². The van der Waals surface area contributed by atoms with Crippen LogP contribution in [-0.2, 0) is 0 Å². The summed E-state index contributed by atoms with van der Waals surface area (Å²) in [4.78, 5) is 12.0. The number of hydrogen-bond donors (Lipinski definition) is 0. The van der Waals surface area contributed by atoms with E-state index in [9.17, 15) is 0 Å². The lowest BCUT2D eigenvalue weighted by Crippen LogP contribution is -2.53. The van der Waals surface area contributed by atoms with Crippen molar-refractivity contribution < 1.29 is 0 Å². The van der Waals surface area contributed by atoms with E-state index >= 15 is 0 Å². The van der Waals surface area contributed by atoms with Gasteiger partial charge >= 0.3 is 0 Å². The van der Waals surface area contributed by atoms with Crippen LogP contribution >= 0.6 is 0 Å². The van der Waals surface area contributed by atoms with E-state index in [1.165, 1.54) is 58.7 Å². The molecule has 5 nitrogen and oxygen atoms in total. The molecule has 0 amide bonds. The monoisotopic (exact) mass is 399 g/mol. The van der Waals surface area contributed by atoms with E-state index < -0.39 is 0 Å². The maximum Gasteiger partial charge on any atom is 0.0195 e. The van der Waals surface area contributed by atoms with Crippen LogP contribution in [0.2, 0.25) is 0 Å². The van der Waals surface area contributed by atoms with Gasteiger partial charge in [-0.2, -0.15) is 0 Å². The third kappa shape index (κ3) is 10.5. The summed E-state index contributed by atoms with van der Waals surface area (Å²) in [5.74, 6) is 0.978. The number of piperidine rings is 1. The number of piperazine rings is 2. The fourth-order valence-corrected chi connectivity index (χ4v) is 4.04. The summed E-state index contributed by atoms with van der Waals surface area (Å²) in [6.07, 6.45) is 2.80. The summed E-state index contributed by atoms with van der Waals surface area (Å²) in [6.45, 7) is 17.9. The van der Waals surface area contributed by atoms with Crippen molar-refractivity contribution in [3.8, 4) is 0 Å². The van der Waals surface area contributed by atoms with Crippen molar-refractivity contribution in [2.75, 3.05) is 81.1 Å². The normalized spacial score (nSPS) is 31.8. The van der Waals surface area contributed by atoms with Crippen molar-refractivity contribution in [1.29, 1.82) is 0 Å². The third-order valence-corrected chi connectivity index (χ3v) is 6.71. The topological polar surface area (TPSA) is 16.2 Å². The SMILES string of the molecule is C.CC1CCN(C)CC1.CC1CN(C)CC(C)N1C.CC1CN(C)CCN1C. The van der Waals surface area contributed by atoms with Crippen molar-refractivity contribution in [2.45, 2.75) is 66.1 Å². The molecule has 0 aromatic heterocycles. The molecule has 0 bridgehead atoms. The second kappa shape index (κ2) is 13.9. The molecule has 3 atom stereocenters. The first kappa shape index (κ1) is 27.8.